The lowest BCUT2D eigenvalue weighted by Gasteiger charge is -2.43. The molecule has 0 bridgehead atoms. The number of hydrogen-bond acceptors (Lipinski definition) is 2. The maximum Gasteiger partial charge on any atom is 0.233 e. The van der Waals surface area contributed by atoms with Crippen molar-refractivity contribution in [2.45, 2.75) is 63.3 Å². The molecule has 0 radical (unpaired) electrons. The summed E-state index contributed by atoms with van der Waals surface area (Å²) in [6.45, 7) is 3.76. The van der Waals surface area contributed by atoms with Crippen molar-refractivity contribution in [1.82, 2.24) is 4.90 Å². The fourth-order valence-corrected chi connectivity index (χ4v) is 4.69. The minimum Gasteiger partial charge on any atom is -0.342 e. The lowest BCUT2D eigenvalue weighted by molar-refractivity contribution is -0.140. The van der Waals surface area contributed by atoms with E-state index >= 15 is 0 Å². The first-order chi connectivity index (χ1) is 11.5. The molecular weight excluding hydrogens is 355 g/mol. The minimum atomic E-state index is -0.371. The van der Waals surface area contributed by atoms with Crippen molar-refractivity contribution in [3.63, 3.8) is 0 Å². The molecule has 140 valence electrons. The number of amides is 1. The van der Waals surface area contributed by atoms with E-state index in [1.54, 1.807) is 0 Å². The number of nitrogens with zero attached hydrogens (tertiary/aromatic N) is 1. The molecule has 2 fully saturated rings. The third-order valence-corrected chi connectivity index (χ3v) is 6.30. The molecule has 5 heteroatoms. The van der Waals surface area contributed by atoms with Gasteiger partial charge >= 0.3 is 0 Å². The first kappa shape index (κ1) is 20.5. The van der Waals surface area contributed by atoms with Gasteiger partial charge in [-0.25, -0.2) is 0 Å². The Morgan fingerprint density at radius 1 is 1.24 bits per heavy atom. The Morgan fingerprint density at radius 2 is 1.88 bits per heavy atom. The van der Waals surface area contributed by atoms with Crippen LogP contribution < -0.4 is 5.73 Å². The summed E-state index contributed by atoms with van der Waals surface area (Å²) in [5, 5.41) is 0.723. The maximum absolute atomic E-state index is 13.5. The summed E-state index contributed by atoms with van der Waals surface area (Å²) >= 11 is 6.23. The van der Waals surface area contributed by atoms with Crippen molar-refractivity contribution in [2.75, 3.05) is 13.1 Å². The number of likely N-dealkylation sites (tertiary alicyclic amines) is 1. The van der Waals surface area contributed by atoms with Crippen LogP contribution in [0.2, 0.25) is 5.02 Å². The van der Waals surface area contributed by atoms with Crippen LogP contribution in [0.4, 0.5) is 0 Å². The van der Waals surface area contributed by atoms with E-state index in [9.17, 15) is 4.79 Å². The zero-order chi connectivity index (χ0) is 17.2. The Kier molecular flexibility index (Phi) is 7.19. The smallest absolute Gasteiger partial charge is 0.233 e. The van der Waals surface area contributed by atoms with Gasteiger partial charge in [0.05, 0.1) is 5.41 Å². The van der Waals surface area contributed by atoms with Gasteiger partial charge in [0.2, 0.25) is 5.91 Å². The second-order valence-electron chi connectivity index (χ2n) is 7.64. The second kappa shape index (κ2) is 8.75. The van der Waals surface area contributed by atoms with Gasteiger partial charge < -0.3 is 10.6 Å². The van der Waals surface area contributed by atoms with E-state index < -0.39 is 0 Å². The number of hydrogen-bond donors (Lipinski definition) is 1. The quantitative estimate of drug-likeness (QED) is 0.830. The van der Waals surface area contributed by atoms with Gasteiger partial charge in [-0.05, 0) is 56.2 Å². The number of halogens is 2. The molecule has 0 spiro atoms. The average molecular weight is 385 g/mol. The Morgan fingerprint density at radius 3 is 2.44 bits per heavy atom. The Labute approximate surface area is 162 Å². The third-order valence-electron chi connectivity index (χ3n) is 6.06. The highest BCUT2D eigenvalue weighted by Crippen LogP contribution is 2.42. The van der Waals surface area contributed by atoms with E-state index in [2.05, 4.69) is 17.9 Å². The normalized spacial score (nSPS) is 22.1. The van der Waals surface area contributed by atoms with E-state index in [0.717, 1.165) is 62.2 Å². The Hall–Kier alpha value is -0.770. The first-order valence-corrected chi connectivity index (χ1v) is 9.72. The summed E-state index contributed by atoms with van der Waals surface area (Å²) in [7, 11) is 0. The summed E-state index contributed by atoms with van der Waals surface area (Å²) in [5.74, 6) is 0.857. The molecule has 1 saturated heterocycles. The van der Waals surface area contributed by atoms with Crippen LogP contribution in [0, 0.1) is 5.92 Å². The number of benzene rings is 1. The van der Waals surface area contributed by atoms with E-state index in [0.29, 0.717) is 11.8 Å². The van der Waals surface area contributed by atoms with Gasteiger partial charge in [0.25, 0.3) is 0 Å². The molecule has 1 unspecified atom stereocenters. The summed E-state index contributed by atoms with van der Waals surface area (Å²) in [6.07, 6.45) is 7.40. The van der Waals surface area contributed by atoms with Gasteiger partial charge in [0.15, 0.2) is 0 Å². The first-order valence-electron chi connectivity index (χ1n) is 9.34. The molecule has 25 heavy (non-hydrogen) atoms. The van der Waals surface area contributed by atoms with Crippen LogP contribution in [-0.4, -0.2) is 29.9 Å². The van der Waals surface area contributed by atoms with Crippen molar-refractivity contribution in [1.29, 1.82) is 0 Å². The van der Waals surface area contributed by atoms with Gasteiger partial charge in [0, 0.05) is 24.2 Å². The zero-order valence-electron chi connectivity index (χ0n) is 15.0. The van der Waals surface area contributed by atoms with Crippen molar-refractivity contribution in [2.24, 2.45) is 11.7 Å². The lowest BCUT2D eigenvalue weighted by atomic mass is 9.68. The summed E-state index contributed by atoms with van der Waals surface area (Å²) in [4.78, 5) is 15.6. The van der Waals surface area contributed by atoms with Crippen LogP contribution in [0.5, 0.6) is 0 Å². The van der Waals surface area contributed by atoms with Crippen LogP contribution in [0.3, 0.4) is 0 Å². The van der Waals surface area contributed by atoms with Gasteiger partial charge in [-0.2, -0.15) is 0 Å². The van der Waals surface area contributed by atoms with Crippen LogP contribution in [0.15, 0.2) is 24.3 Å². The molecule has 1 aliphatic heterocycles. The predicted molar refractivity (Wildman–Crippen MR) is 106 cm³/mol. The van der Waals surface area contributed by atoms with Gasteiger partial charge in [0.1, 0.15) is 0 Å². The zero-order valence-corrected chi connectivity index (χ0v) is 16.6. The predicted octanol–water partition coefficient (Wildman–Crippen LogP) is 4.55. The monoisotopic (exact) mass is 384 g/mol. The van der Waals surface area contributed by atoms with Crippen molar-refractivity contribution in [3.05, 3.63) is 34.9 Å². The maximum atomic E-state index is 13.5. The highest BCUT2D eigenvalue weighted by molar-refractivity contribution is 6.30. The Balaban J connectivity index is 0.00000225. The molecule has 2 N–H and O–H groups in total. The van der Waals surface area contributed by atoms with Crippen molar-refractivity contribution >= 4 is 29.9 Å². The molecule has 0 aromatic heterocycles. The lowest BCUT2D eigenvalue weighted by Crippen LogP contribution is -2.51. The minimum absolute atomic E-state index is 0. The fraction of sp³-hybridized carbons (Fsp3) is 0.650. The summed E-state index contributed by atoms with van der Waals surface area (Å²) in [6, 6.07) is 8.17. The molecular formula is C20H30Cl2N2O. The molecule has 1 aromatic rings. The van der Waals surface area contributed by atoms with E-state index in [-0.39, 0.29) is 23.9 Å². The molecule has 1 heterocycles. The average Bonchev–Trinajstić information content (AvgIpc) is 2.62. The SMILES string of the molecule is CC(N)C1CCN(C(=O)C2(c3cccc(Cl)c3)CCCCC2)CC1.Cl. The molecule has 1 aliphatic carbocycles. The van der Waals surface area contributed by atoms with Crippen LogP contribution in [0.1, 0.15) is 57.4 Å². The molecule has 3 rings (SSSR count). The molecule has 3 nitrogen and oxygen atoms in total. The molecule has 2 aliphatic rings. The number of nitrogens with two attached hydrogens (primary N) is 1. The van der Waals surface area contributed by atoms with Crippen LogP contribution in [-0.2, 0) is 10.2 Å². The molecule has 1 aromatic carbocycles. The van der Waals surface area contributed by atoms with Crippen molar-refractivity contribution in [3.8, 4) is 0 Å². The van der Waals surface area contributed by atoms with Gasteiger partial charge in [-0.3, -0.25) is 4.79 Å². The van der Waals surface area contributed by atoms with Gasteiger partial charge in [-0.15, -0.1) is 12.4 Å². The fourth-order valence-electron chi connectivity index (χ4n) is 4.50. The highest BCUT2D eigenvalue weighted by atomic mass is 35.5. The summed E-state index contributed by atoms with van der Waals surface area (Å²) in [5.41, 5.74) is 6.78. The molecule has 1 saturated carbocycles. The van der Waals surface area contributed by atoms with E-state index in [4.69, 9.17) is 17.3 Å². The Bertz CT molecular complexity index is 577. The standard InChI is InChI=1S/C20H29ClN2O.ClH/c1-15(22)16-8-12-23(13-9-16)19(24)20(10-3-2-4-11-20)17-6-5-7-18(21)14-17;/h5-7,14-16H,2-4,8-13,22H2,1H3;1H. The van der Waals surface area contributed by atoms with E-state index in [1.807, 2.05) is 18.2 Å². The van der Waals surface area contributed by atoms with E-state index in [1.165, 1.54) is 6.42 Å². The van der Waals surface area contributed by atoms with Crippen LogP contribution >= 0.6 is 24.0 Å². The topological polar surface area (TPSA) is 46.3 Å². The third kappa shape index (κ3) is 4.32. The second-order valence-corrected chi connectivity index (χ2v) is 8.08. The van der Waals surface area contributed by atoms with Crippen LogP contribution in [0.25, 0.3) is 0 Å². The number of piperidine rings is 1. The number of carbonyl (C=O) groups is 1. The molecule has 1 atom stereocenters. The van der Waals surface area contributed by atoms with Crippen molar-refractivity contribution < 1.29 is 4.79 Å². The highest BCUT2D eigenvalue weighted by Gasteiger charge is 2.44. The molecule has 1 amide bonds. The largest absolute Gasteiger partial charge is 0.342 e. The number of rotatable bonds is 3. The summed E-state index contributed by atoms with van der Waals surface area (Å²) < 4.78 is 0. The van der Waals surface area contributed by atoms with Gasteiger partial charge in [-0.1, -0.05) is 43.0 Å². The number of carbonyl (C=O) groups excluding carboxylic acids is 1.